The summed E-state index contributed by atoms with van der Waals surface area (Å²) < 4.78 is 0. The van der Waals surface area contributed by atoms with Gasteiger partial charge in [0.05, 0.1) is 10.0 Å². The lowest BCUT2D eigenvalue weighted by Crippen LogP contribution is -2.26. The van der Waals surface area contributed by atoms with Crippen molar-refractivity contribution in [2.45, 2.75) is 38.3 Å². The van der Waals surface area contributed by atoms with E-state index in [0.29, 0.717) is 22.0 Å². The van der Waals surface area contributed by atoms with E-state index in [-0.39, 0.29) is 0 Å². The Morgan fingerprint density at radius 3 is 2.44 bits per heavy atom. The number of benzene rings is 3. The number of aryl methyl sites for hydroxylation is 1. The normalized spacial score (nSPS) is 18.9. The number of fused-ring (bicyclic) bond motifs is 1. The summed E-state index contributed by atoms with van der Waals surface area (Å²) in [6.07, 6.45) is 2.20. The third-order valence-corrected chi connectivity index (χ3v) is 6.21. The van der Waals surface area contributed by atoms with Gasteiger partial charge in [0.2, 0.25) is 0 Å². The lowest BCUT2D eigenvalue weighted by molar-refractivity contribution is 0.439. The molecule has 0 radical (unpaired) electrons. The molecule has 1 aliphatic rings. The van der Waals surface area contributed by atoms with Crippen LogP contribution in [0.5, 0.6) is 0 Å². The quantitative estimate of drug-likeness (QED) is 0.498. The number of halogens is 2. The van der Waals surface area contributed by atoms with Crippen LogP contribution in [0.3, 0.4) is 0 Å². The van der Waals surface area contributed by atoms with E-state index in [1.54, 1.807) is 0 Å². The largest absolute Gasteiger partial charge is 0.306 e. The molecule has 27 heavy (non-hydrogen) atoms. The van der Waals surface area contributed by atoms with Gasteiger partial charge in [-0.25, -0.2) is 0 Å². The zero-order chi connectivity index (χ0) is 18.8. The molecule has 3 heteroatoms. The van der Waals surface area contributed by atoms with Gasteiger partial charge in [0.1, 0.15) is 0 Å². The Kier molecular flexibility index (Phi) is 5.54. The van der Waals surface area contributed by atoms with Gasteiger partial charge in [-0.15, -0.1) is 0 Å². The maximum atomic E-state index is 6.27. The van der Waals surface area contributed by atoms with Crippen molar-refractivity contribution in [2.75, 3.05) is 0 Å². The summed E-state index contributed by atoms with van der Waals surface area (Å²) in [6.45, 7) is 3.03. The summed E-state index contributed by atoms with van der Waals surface area (Å²) in [4.78, 5) is 0. The highest BCUT2D eigenvalue weighted by atomic mass is 35.5. The second kappa shape index (κ2) is 8.06. The first-order chi connectivity index (χ1) is 13.1. The average molecular weight is 396 g/mol. The van der Waals surface area contributed by atoms with Gasteiger partial charge < -0.3 is 5.32 Å². The van der Waals surface area contributed by atoms with Crippen LogP contribution in [0.25, 0.3) is 0 Å². The third kappa shape index (κ3) is 4.06. The van der Waals surface area contributed by atoms with Gasteiger partial charge in [-0.1, -0.05) is 83.4 Å². The van der Waals surface area contributed by atoms with Gasteiger partial charge >= 0.3 is 0 Å². The molecular formula is C24H23Cl2N. The van der Waals surface area contributed by atoms with Crippen molar-refractivity contribution in [3.8, 4) is 0 Å². The van der Waals surface area contributed by atoms with E-state index < -0.39 is 0 Å². The molecule has 3 aromatic rings. The molecule has 1 N–H and O–H groups in total. The van der Waals surface area contributed by atoms with Crippen molar-refractivity contribution in [1.29, 1.82) is 0 Å². The number of rotatable bonds is 4. The lowest BCUT2D eigenvalue weighted by atomic mass is 9.76. The number of nitrogens with one attached hydrogen (secondary N) is 1. The Labute approximate surface area is 171 Å². The van der Waals surface area contributed by atoms with Crippen LogP contribution in [0.4, 0.5) is 0 Å². The molecule has 1 nitrogen and oxygen atoms in total. The first-order valence-corrected chi connectivity index (χ1v) is 10.2. The predicted octanol–water partition coefficient (Wildman–Crippen LogP) is 7.06. The Bertz CT molecular complexity index is 951. The monoisotopic (exact) mass is 395 g/mol. The first-order valence-electron chi connectivity index (χ1n) is 9.44. The van der Waals surface area contributed by atoms with Crippen molar-refractivity contribution in [3.05, 3.63) is 105 Å². The highest BCUT2D eigenvalue weighted by molar-refractivity contribution is 6.42. The minimum Gasteiger partial charge on any atom is -0.306 e. The van der Waals surface area contributed by atoms with E-state index in [0.717, 1.165) is 19.4 Å². The summed E-state index contributed by atoms with van der Waals surface area (Å²) in [7, 11) is 0. The van der Waals surface area contributed by atoms with Crippen LogP contribution in [0.15, 0.2) is 66.7 Å². The summed E-state index contributed by atoms with van der Waals surface area (Å²) in [5.74, 6) is 0.369. The van der Waals surface area contributed by atoms with Gasteiger partial charge in [0.25, 0.3) is 0 Å². The van der Waals surface area contributed by atoms with Gasteiger partial charge in [-0.2, -0.15) is 0 Å². The standard InChI is InChI=1S/C24H23Cl2N/c1-16-5-4-6-17(13-16)15-27-24-12-10-19(20-7-2-3-8-21(20)24)18-9-11-22(25)23(26)14-18/h2-9,11,13-14,19,24,27H,10,12,15H2,1H3/t19-,24+/m0/s1. The first kappa shape index (κ1) is 18.6. The minimum absolute atomic E-state index is 0.369. The molecular weight excluding hydrogens is 373 g/mol. The molecule has 0 spiro atoms. The predicted molar refractivity (Wildman–Crippen MR) is 115 cm³/mol. The number of hydrogen-bond acceptors (Lipinski definition) is 1. The van der Waals surface area contributed by atoms with Crippen LogP contribution in [0.2, 0.25) is 10.0 Å². The molecule has 0 aliphatic heterocycles. The molecule has 0 aromatic heterocycles. The average Bonchev–Trinajstić information content (AvgIpc) is 2.68. The summed E-state index contributed by atoms with van der Waals surface area (Å²) in [5.41, 5.74) is 6.67. The molecule has 0 amide bonds. The van der Waals surface area contributed by atoms with E-state index in [9.17, 15) is 0 Å². The molecule has 0 saturated carbocycles. The Morgan fingerprint density at radius 1 is 0.852 bits per heavy atom. The van der Waals surface area contributed by atoms with E-state index in [1.807, 2.05) is 12.1 Å². The fourth-order valence-corrected chi connectivity index (χ4v) is 4.45. The van der Waals surface area contributed by atoms with Crippen LogP contribution >= 0.6 is 23.2 Å². The van der Waals surface area contributed by atoms with E-state index >= 15 is 0 Å². The minimum atomic E-state index is 0.369. The smallest absolute Gasteiger partial charge is 0.0595 e. The lowest BCUT2D eigenvalue weighted by Gasteiger charge is -2.33. The second-order valence-corrected chi connectivity index (χ2v) is 8.17. The topological polar surface area (TPSA) is 12.0 Å². The van der Waals surface area contributed by atoms with Crippen LogP contribution < -0.4 is 5.32 Å². The Morgan fingerprint density at radius 2 is 1.67 bits per heavy atom. The highest BCUT2D eigenvalue weighted by Crippen LogP contribution is 2.42. The maximum Gasteiger partial charge on any atom is 0.0595 e. The van der Waals surface area contributed by atoms with Crippen molar-refractivity contribution in [3.63, 3.8) is 0 Å². The van der Waals surface area contributed by atoms with Crippen molar-refractivity contribution < 1.29 is 0 Å². The van der Waals surface area contributed by atoms with E-state index in [2.05, 4.69) is 66.8 Å². The van der Waals surface area contributed by atoms with Gasteiger partial charge in [-0.05, 0) is 54.2 Å². The van der Waals surface area contributed by atoms with Crippen LogP contribution in [-0.2, 0) is 6.54 Å². The summed E-state index contributed by atoms with van der Waals surface area (Å²) in [6, 6.07) is 23.9. The fraction of sp³-hybridized carbons (Fsp3) is 0.250. The Hall–Kier alpha value is -1.80. The molecule has 0 saturated heterocycles. The molecule has 1 aliphatic carbocycles. The zero-order valence-corrected chi connectivity index (χ0v) is 16.9. The maximum absolute atomic E-state index is 6.27. The third-order valence-electron chi connectivity index (χ3n) is 5.47. The Balaban J connectivity index is 1.58. The van der Waals surface area contributed by atoms with Crippen LogP contribution in [-0.4, -0.2) is 0 Å². The zero-order valence-electron chi connectivity index (χ0n) is 15.4. The molecule has 0 unspecified atom stereocenters. The van der Waals surface area contributed by atoms with E-state index in [1.165, 1.54) is 27.8 Å². The highest BCUT2D eigenvalue weighted by Gasteiger charge is 2.28. The number of hydrogen-bond donors (Lipinski definition) is 1. The molecule has 0 bridgehead atoms. The molecule has 0 heterocycles. The summed E-state index contributed by atoms with van der Waals surface area (Å²) in [5, 5.41) is 5.01. The SMILES string of the molecule is Cc1cccc(CN[C@@H]2CC[C@@H](c3ccc(Cl)c(Cl)c3)c3ccccc32)c1. The molecule has 2 atom stereocenters. The van der Waals surface area contributed by atoms with Gasteiger partial charge in [-0.3, -0.25) is 0 Å². The summed E-state index contributed by atoms with van der Waals surface area (Å²) >= 11 is 12.4. The van der Waals surface area contributed by atoms with Gasteiger partial charge in [0.15, 0.2) is 0 Å². The van der Waals surface area contributed by atoms with Crippen LogP contribution in [0, 0.1) is 6.92 Å². The van der Waals surface area contributed by atoms with Crippen molar-refractivity contribution >= 4 is 23.2 Å². The van der Waals surface area contributed by atoms with Gasteiger partial charge in [0, 0.05) is 18.5 Å². The second-order valence-electron chi connectivity index (χ2n) is 7.35. The molecule has 0 fully saturated rings. The van der Waals surface area contributed by atoms with Crippen LogP contribution in [0.1, 0.15) is 52.6 Å². The van der Waals surface area contributed by atoms with Crippen molar-refractivity contribution in [2.24, 2.45) is 0 Å². The fourth-order valence-electron chi connectivity index (χ4n) is 4.14. The van der Waals surface area contributed by atoms with E-state index in [4.69, 9.17) is 23.2 Å². The molecule has 4 rings (SSSR count). The molecule has 3 aromatic carbocycles. The molecule has 138 valence electrons. The van der Waals surface area contributed by atoms with Crippen molar-refractivity contribution in [1.82, 2.24) is 5.32 Å².